The van der Waals surface area contributed by atoms with Gasteiger partial charge in [0.1, 0.15) is 5.78 Å². The Bertz CT molecular complexity index is 309. The second kappa shape index (κ2) is 3.51. The minimum absolute atomic E-state index is 0.113. The van der Waals surface area contributed by atoms with Crippen molar-refractivity contribution < 1.29 is 4.79 Å². The van der Waals surface area contributed by atoms with Gasteiger partial charge in [0.15, 0.2) is 0 Å². The fourth-order valence-electron chi connectivity index (χ4n) is 5.33. The number of rotatable bonds is 3. The molecule has 1 nitrogen and oxygen atoms in total. The highest BCUT2D eigenvalue weighted by molar-refractivity contribution is 7.99. The van der Waals surface area contributed by atoms with Crippen LogP contribution in [0.15, 0.2) is 0 Å². The Hall–Kier alpha value is 0.0200. The molecule has 4 aliphatic carbocycles. The Morgan fingerprint density at radius 1 is 1.25 bits per heavy atom. The van der Waals surface area contributed by atoms with Crippen molar-refractivity contribution in [2.45, 2.75) is 45.4 Å². The second-order valence-electron chi connectivity index (χ2n) is 6.91. The summed E-state index contributed by atoms with van der Waals surface area (Å²) in [4.78, 5) is 12.4. The first-order valence-electron chi connectivity index (χ1n) is 6.58. The van der Waals surface area contributed by atoms with Crippen LogP contribution in [0.2, 0.25) is 0 Å². The summed E-state index contributed by atoms with van der Waals surface area (Å²) in [5, 5.41) is 0. The van der Waals surface area contributed by atoms with Crippen LogP contribution in [0.4, 0.5) is 0 Å². The largest absolute Gasteiger partial charge is 0.298 e. The van der Waals surface area contributed by atoms with E-state index in [1.165, 1.54) is 38.5 Å². The summed E-state index contributed by atoms with van der Waals surface area (Å²) in [6.45, 7) is 2.44. The molecule has 0 amide bonds. The summed E-state index contributed by atoms with van der Waals surface area (Å²) in [5.41, 5.74) is 0.625. The standard InChI is InChI=1S/C14H22OS/c1-13-4-10-3-11(5-13)7-14(6-10,9-13)12(15)8-16-2/h10-11H,3-9H2,1-2H3. The minimum atomic E-state index is 0.113. The lowest BCUT2D eigenvalue weighted by molar-refractivity contribution is -0.150. The molecule has 4 rings (SSSR count). The fraction of sp³-hybridized carbons (Fsp3) is 0.929. The van der Waals surface area contributed by atoms with Gasteiger partial charge in [0.2, 0.25) is 0 Å². The second-order valence-corrected chi connectivity index (χ2v) is 7.77. The minimum Gasteiger partial charge on any atom is -0.298 e. The Morgan fingerprint density at radius 2 is 1.88 bits per heavy atom. The molecule has 0 radical (unpaired) electrons. The third kappa shape index (κ3) is 1.56. The quantitative estimate of drug-likeness (QED) is 0.748. The molecule has 0 aromatic carbocycles. The van der Waals surface area contributed by atoms with E-state index in [0.29, 0.717) is 11.2 Å². The number of Topliss-reactive ketones (excluding diaryl/α,β-unsaturated/α-hetero) is 1. The number of carbonyl (C=O) groups excluding carboxylic acids is 1. The Kier molecular flexibility index (Phi) is 2.44. The van der Waals surface area contributed by atoms with Crippen LogP contribution in [0.3, 0.4) is 0 Å². The number of carbonyl (C=O) groups is 1. The van der Waals surface area contributed by atoms with Gasteiger partial charge in [-0.3, -0.25) is 4.79 Å². The molecule has 4 aliphatic rings. The average Bonchev–Trinajstić information content (AvgIpc) is 2.13. The molecule has 4 bridgehead atoms. The molecule has 16 heavy (non-hydrogen) atoms. The summed E-state index contributed by atoms with van der Waals surface area (Å²) in [6, 6.07) is 0. The van der Waals surface area contributed by atoms with Gasteiger partial charge in [0, 0.05) is 5.41 Å². The van der Waals surface area contributed by atoms with E-state index in [4.69, 9.17) is 0 Å². The number of hydrogen-bond donors (Lipinski definition) is 0. The van der Waals surface area contributed by atoms with Gasteiger partial charge in [0.05, 0.1) is 5.75 Å². The molecule has 0 aliphatic heterocycles. The van der Waals surface area contributed by atoms with Crippen LogP contribution < -0.4 is 0 Å². The van der Waals surface area contributed by atoms with Gasteiger partial charge in [0.25, 0.3) is 0 Å². The van der Waals surface area contributed by atoms with Gasteiger partial charge < -0.3 is 0 Å². The first-order chi connectivity index (χ1) is 7.55. The SMILES string of the molecule is CSCC(=O)C12CC3CC(CC(C)(C3)C1)C2. The van der Waals surface area contributed by atoms with E-state index in [2.05, 4.69) is 13.2 Å². The molecule has 4 fully saturated rings. The van der Waals surface area contributed by atoms with Crippen molar-refractivity contribution in [3.63, 3.8) is 0 Å². The van der Waals surface area contributed by atoms with Crippen molar-refractivity contribution in [2.75, 3.05) is 12.0 Å². The molecule has 0 heterocycles. The maximum atomic E-state index is 12.4. The van der Waals surface area contributed by atoms with Gasteiger partial charge in [-0.25, -0.2) is 0 Å². The molecule has 0 saturated heterocycles. The predicted octanol–water partition coefficient (Wildman–Crippen LogP) is 3.53. The van der Waals surface area contributed by atoms with Gasteiger partial charge in [-0.2, -0.15) is 11.8 Å². The van der Waals surface area contributed by atoms with E-state index in [1.807, 2.05) is 0 Å². The van der Waals surface area contributed by atoms with Crippen molar-refractivity contribution >= 4 is 17.5 Å². The van der Waals surface area contributed by atoms with E-state index < -0.39 is 0 Å². The molecule has 2 atom stereocenters. The lowest BCUT2D eigenvalue weighted by atomic mass is 9.44. The van der Waals surface area contributed by atoms with Crippen LogP contribution in [0, 0.1) is 22.7 Å². The number of ketones is 1. The first kappa shape index (κ1) is 11.1. The van der Waals surface area contributed by atoms with E-state index in [-0.39, 0.29) is 5.41 Å². The molecule has 0 N–H and O–H groups in total. The fourth-order valence-corrected chi connectivity index (χ4v) is 5.90. The molecular formula is C14H22OS. The zero-order valence-corrected chi connectivity index (χ0v) is 11.2. The highest BCUT2D eigenvalue weighted by Gasteiger charge is 2.58. The smallest absolute Gasteiger partial charge is 0.148 e. The van der Waals surface area contributed by atoms with Crippen LogP contribution in [-0.2, 0) is 4.79 Å². The van der Waals surface area contributed by atoms with Crippen molar-refractivity contribution in [2.24, 2.45) is 22.7 Å². The number of thioether (sulfide) groups is 1. The zero-order chi connectivity index (χ0) is 11.4. The van der Waals surface area contributed by atoms with Gasteiger partial charge >= 0.3 is 0 Å². The topological polar surface area (TPSA) is 17.1 Å². The maximum absolute atomic E-state index is 12.4. The van der Waals surface area contributed by atoms with Crippen LogP contribution in [0.1, 0.15) is 45.4 Å². The van der Waals surface area contributed by atoms with Crippen LogP contribution in [0.25, 0.3) is 0 Å². The summed E-state index contributed by atoms with van der Waals surface area (Å²) in [7, 11) is 0. The molecule has 90 valence electrons. The molecular weight excluding hydrogens is 216 g/mol. The highest BCUT2D eigenvalue weighted by atomic mass is 32.2. The Morgan fingerprint density at radius 3 is 2.38 bits per heavy atom. The molecule has 0 aromatic rings. The third-order valence-corrected chi connectivity index (χ3v) is 5.77. The summed E-state index contributed by atoms with van der Waals surface area (Å²) in [5.74, 6) is 3.06. The maximum Gasteiger partial charge on any atom is 0.148 e. The van der Waals surface area contributed by atoms with E-state index in [1.54, 1.807) is 11.8 Å². The van der Waals surface area contributed by atoms with E-state index in [9.17, 15) is 4.79 Å². The molecule has 2 unspecified atom stereocenters. The normalized spacial score (nSPS) is 49.6. The van der Waals surface area contributed by atoms with Gasteiger partial charge in [-0.05, 0) is 62.0 Å². The zero-order valence-electron chi connectivity index (χ0n) is 10.4. The highest BCUT2D eigenvalue weighted by Crippen LogP contribution is 2.65. The lowest BCUT2D eigenvalue weighted by Gasteiger charge is -2.60. The van der Waals surface area contributed by atoms with Crippen molar-refractivity contribution in [3.05, 3.63) is 0 Å². The monoisotopic (exact) mass is 238 g/mol. The third-order valence-electron chi connectivity index (χ3n) is 5.22. The summed E-state index contributed by atoms with van der Waals surface area (Å²) >= 11 is 1.71. The van der Waals surface area contributed by atoms with E-state index in [0.717, 1.165) is 17.6 Å². The lowest BCUT2D eigenvalue weighted by Crippen LogP contribution is -2.54. The van der Waals surface area contributed by atoms with Gasteiger partial charge in [-0.15, -0.1) is 0 Å². The molecule has 2 heteroatoms. The van der Waals surface area contributed by atoms with Crippen LogP contribution in [0.5, 0.6) is 0 Å². The van der Waals surface area contributed by atoms with Crippen molar-refractivity contribution in [1.82, 2.24) is 0 Å². The Labute approximate surface area is 103 Å². The first-order valence-corrected chi connectivity index (χ1v) is 7.97. The summed E-state index contributed by atoms with van der Waals surface area (Å²) < 4.78 is 0. The predicted molar refractivity (Wildman–Crippen MR) is 68.6 cm³/mol. The summed E-state index contributed by atoms with van der Waals surface area (Å²) in [6.07, 6.45) is 9.92. The van der Waals surface area contributed by atoms with Crippen LogP contribution >= 0.6 is 11.8 Å². The van der Waals surface area contributed by atoms with Crippen molar-refractivity contribution in [1.29, 1.82) is 0 Å². The number of hydrogen-bond acceptors (Lipinski definition) is 2. The Balaban J connectivity index is 1.89. The van der Waals surface area contributed by atoms with Gasteiger partial charge in [-0.1, -0.05) is 6.92 Å². The molecule has 4 saturated carbocycles. The molecule has 0 spiro atoms. The van der Waals surface area contributed by atoms with Crippen molar-refractivity contribution in [3.8, 4) is 0 Å². The van der Waals surface area contributed by atoms with Crippen LogP contribution in [-0.4, -0.2) is 17.8 Å². The van der Waals surface area contributed by atoms with E-state index >= 15 is 0 Å². The average molecular weight is 238 g/mol. The molecule has 0 aromatic heterocycles.